The quantitative estimate of drug-likeness (QED) is 0.844. The molecule has 1 fully saturated rings. The molecule has 0 saturated carbocycles. The highest BCUT2D eigenvalue weighted by Crippen LogP contribution is 2.11. The van der Waals surface area contributed by atoms with Crippen LogP contribution < -0.4 is 5.32 Å². The molecule has 5 heteroatoms. The zero-order valence-corrected chi connectivity index (χ0v) is 10.6. The molecule has 0 aromatic carbocycles. The van der Waals surface area contributed by atoms with Crippen LogP contribution in [0.3, 0.4) is 0 Å². The molecule has 16 heavy (non-hydrogen) atoms. The van der Waals surface area contributed by atoms with Gasteiger partial charge in [-0.15, -0.1) is 23.7 Å². The van der Waals surface area contributed by atoms with Crippen molar-refractivity contribution < 1.29 is 9.53 Å². The second-order valence-corrected chi connectivity index (χ2v) is 4.63. The predicted molar refractivity (Wildman–Crippen MR) is 67.7 cm³/mol. The lowest BCUT2D eigenvalue weighted by Crippen LogP contribution is -2.36. The number of nitrogens with one attached hydrogen (secondary N) is 1. The molecule has 2 heterocycles. The van der Waals surface area contributed by atoms with Gasteiger partial charge in [0, 0.05) is 6.54 Å². The van der Waals surface area contributed by atoms with E-state index < -0.39 is 0 Å². The fraction of sp³-hybridized carbons (Fsp3) is 0.545. The SMILES string of the molecule is Cl.O=C(CO[C@H]1CCCNC1)c1cccs1. The molecule has 1 atom stereocenters. The van der Waals surface area contributed by atoms with Crippen molar-refractivity contribution in [1.82, 2.24) is 5.32 Å². The molecule has 1 aromatic rings. The number of halogens is 1. The third-order valence-corrected chi connectivity index (χ3v) is 3.41. The predicted octanol–water partition coefficient (Wildman–Crippen LogP) is 2.12. The first-order valence-corrected chi connectivity index (χ1v) is 6.13. The molecular weight excluding hydrogens is 246 g/mol. The van der Waals surface area contributed by atoms with Crippen LogP contribution in [-0.2, 0) is 4.74 Å². The van der Waals surface area contributed by atoms with Crippen LogP contribution in [0, 0.1) is 0 Å². The molecule has 0 bridgehead atoms. The smallest absolute Gasteiger partial charge is 0.198 e. The van der Waals surface area contributed by atoms with Crippen LogP contribution in [0.2, 0.25) is 0 Å². The Bertz CT molecular complexity index is 310. The second kappa shape index (κ2) is 7.01. The summed E-state index contributed by atoms with van der Waals surface area (Å²) in [5.74, 6) is 0.0931. The van der Waals surface area contributed by atoms with Crippen molar-refractivity contribution in [2.75, 3.05) is 19.7 Å². The molecular formula is C11H16ClNO2S. The molecule has 3 nitrogen and oxygen atoms in total. The Morgan fingerprint density at radius 3 is 3.12 bits per heavy atom. The summed E-state index contributed by atoms with van der Waals surface area (Å²) < 4.78 is 5.56. The molecule has 90 valence electrons. The van der Waals surface area contributed by atoms with Gasteiger partial charge in [-0.25, -0.2) is 0 Å². The lowest BCUT2D eigenvalue weighted by Gasteiger charge is -2.22. The van der Waals surface area contributed by atoms with E-state index in [1.165, 1.54) is 11.3 Å². The van der Waals surface area contributed by atoms with E-state index >= 15 is 0 Å². The van der Waals surface area contributed by atoms with E-state index in [1.54, 1.807) is 0 Å². The van der Waals surface area contributed by atoms with Gasteiger partial charge in [-0.1, -0.05) is 6.07 Å². The summed E-state index contributed by atoms with van der Waals surface area (Å²) >= 11 is 1.47. The Balaban J connectivity index is 0.00000128. The van der Waals surface area contributed by atoms with Gasteiger partial charge in [0.2, 0.25) is 0 Å². The average molecular weight is 262 g/mol. The summed E-state index contributed by atoms with van der Waals surface area (Å²) in [4.78, 5) is 12.4. The van der Waals surface area contributed by atoms with Crippen LogP contribution in [0.15, 0.2) is 17.5 Å². The molecule has 2 rings (SSSR count). The summed E-state index contributed by atoms with van der Waals surface area (Å²) in [6, 6.07) is 3.73. The average Bonchev–Trinajstić information content (AvgIpc) is 2.81. The third-order valence-electron chi connectivity index (χ3n) is 2.50. The summed E-state index contributed by atoms with van der Waals surface area (Å²) in [5, 5.41) is 5.17. The van der Waals surface area contributed by atoms with Crippen LogP contribution >= 0.6 is 23.7 Å². The third kappa shape index (κ3) is 3.87. The molecule has 0 radical (unpaired) electrons. The minimum absolute atomic E-state index is 0. The number of carbonyl (C=O) groups is 1. The number of hydrogen-bond donors (Lipinski definition) is 1. The van der Waals surface area contributed by atoms with Gasteiger partial charge < -0.3 is 10.1 Å². The molecule has 0 unspecified atom stereocenters. The van der Waals surface area contributed by atoms with Gasteiger partial charge in [0.15, 0.2) is 5.78 Å². The first kappa shape index (κ1) is 13.6. The zero-order valence-electron chi connectivity index (χ0n) is 8.98. The van der Waals surface area contributed by atoms with Crippen LogP contribution in [0.4, 0.5) is 0 Å². The number of rotatable bonds is 4. The van der Waals surface area contributed by atoms with Gasteiger partial charge in [-0.2, -0.15) is 0 Å². The Morgan fingerprint density at radius 2 is 2.50 bits per heavy atom. The fourth-order valence-corrected chi connectivity index (χ4v) is 2.32. The van der Waals surface area contributed by atoms with Crippen molar-refractivity contribution in [2.24, 2.45) is 0 Å². The van der Waals surface area contributed by atoms with Gasteiger partial charge in [0.05, 0.1) is 11.0 Å². The van der Waals surface area contributed by atoms with Gasteiger partial charge in [0.1, 0.15) is 6.61 Å². The molecule has 1 aliphatic rings. The molecule has 0 spiro atoms. The topological polar surface area (TPSA) is 38.3 Å². The first-order valence-electron chi connectivity index (χ1n) is 5.25. The molecule has 1 aliphatic heterocycles. The van der Waals surface area contributed by atoms with E-state index in [0.717, 1.165) is 30.8 Å². The van der Waals surface area contributed by atoms with Crippen molar-refractivity contribution in [3.05, 3.63) is 22.4 Å². The fourth-order valence-electron chi connectivity index (χ4n) is 1.66. The largest absolute Gasteiger partial charge is 0.369 e. The highest BCUT2D eigenvalue weighted by atomic mass is 35.5. The first-order chi connectivity index (χ1) is 7.36. The Hall–Kier alpha value is -0.420. The van der Waals surface area contributed by atoms with Gasteiger partial charge in [-0.3, -0.25) is 4.79 Å². The van der Waals surface area contributed by atoms with E-state index in [2.05, 4.69) is 5.32 Å². The number of ketones is 1. The van der Waals surface area contributed by atoms with Crippen LogP contribution in [-0.4, -0.2) is 31.6 Å². The van der Waals surface area contributed by atoms with E-state index in [1.807, 2.05) is 17.5 Å². The molecule has 1 aromatic heterocycles. The molecule has 0 amide bonds. The van der Waals surface area contributed by atoms with Crippen molar-refractivity contribution in [3.63, 3.8) is 0 Å². The maximum Gasteiger partial charge on any atom is 0.198 e. The van der Waals surface area contributed by atoms with E-state index in [4.69, 9.17) is 4.74 Å². The molecule has 1 saturated heterocycles. The molecule has 0 aliphatic carbocycles. The highest BCUT2D eigenvalue weighted by molar-refractivity contribution is 7.12. The maximum atomic E-state index is 11.6. The zero-order chi connectivity index (χ0) is 10.5. The number of ether oxygens (including phenoxy) is 1. The number of thiophene rings is 1. The van der Waals surface area contributed by atoms with Crippen LogP contribution in [0.25, 0.3) is 0 Å². The van der Waals surface area contributed by atoms with Gasteiger partial charge >= 0.3 is 0 Å². The monoisotopic (exact) mass is 261 g/mol. The lowest BCUT2D eigenvalue weighted by molar-refractivity contribution is 0.0350. The Labute approximate surface area is 106 Å². The van der Waals surface area contributed by atoms with E-state index in [0.29, 0.717) is 0 Å². The minimum atomic E-state index is 0. The lowest BCUT2D eigenvalue weighted by atomic mass is 10.1. The Morgan fingerprint density at radius 1 is 1.62 bits per heavy atom. The number of Topliss-reactive ketones (excluding diaryl/α,β-unsaturated/α-hetero) is 1. The summed E-state index contributed by atoms with van der Waals surface area (Å²) in [6.07, 6.45) is 2.41. The van der Waals surface area contributed by atoms with Crippen molar-refractivity contribution in [3.8, 4) is 0 Å². The summed E-state index contributed by atoms with van der Waals surface area (Å²) in [6.45, 7) is 2.16. The number of piperidine rings is 1. The number of hydrogen-bond acceptors (Lipinski definition) is 4. The normalized spacial score (nSPS) is 20.1. The Kier molecular flexibility index (Phi) is 5.98. The second-order valence-electron chi connectivity index (χ2n) is 3.68. The van der Waals surface area contributed by atoms with E-state index in [9.17, 15) is 4.79 Å². The van der Waals surface area contributed by atoms with Crippen LogP contribution in [0.1, 0.15) is 22.5 Å². The molecule has 1 N–H and O–H groups in total. The summed E-state index contributed by atoms with van der Waals surface area (Å²) in [5.41, 5.74) is 0. The van der Waals surface area contributed by atoms with Crippen molar-refractivity contribution in [1.29, 1.82) is 0 Å². The maximum absolute atomic E-state index is 11.6. The summed E-state index contributed by atoms with van der Waals surface area (Å²) in [7, 11) is 0. The van der Waals surface area contributed by atoms with E-state index in [-0.39, 0.29) is 30.9 Å². The van der Waals surface area contributed by atoms with Crippen molar-refractivity contribution >= 4 is 29.5 Å². The standard InChI is InChI=1S/C11H15NO2S.ClH/c13-10(11-4-2-6-15-11)8-14-9-3-1-5-12-7-9;/h2,4,6,9,12H,1,3,5,7-8H2;1H/t9-;/m0./s1. The highest BCUT2D eigenvalue weighted by Gasteiger charge is 2.15. The number of carbonyl (C=O) groups excluding carboxylic acids is 1. The van der Waals surface area contributed by atoms with Gasteiger partial charge in [-0.05, 0) is 30.8 Å². The van der Waals surface area contributed by atoms with Crippen LogP contribution in [0.5, 0.6) is 0 Å². The minimum Gasteiger partial charge on any atom is -0.369 e. The van der Waals surface area contributed by atoms with Crippen molar-refractivity contribution in [2.45, 2.75) is 18.9 Å². The van der Waals surface area contributed by atoms with Gasteiger partial charge in [0.25, 0.3) is 0 Å².